The van der Waals surface area contributed by atoms with Crippen LogP contribution in [0.3, 0.4) is 0 Å². The van der Waals surface area contributed by atoms with Gasteiger partial charge in [0.25, 0.3) is 5.91 Å². The second-order valence-electron chi connectivity index (χ2n) is 6.00. The Balaban J connectivity index is 1.86. The maximum atomic E-state index is 12.4. The Morgan fingerprint density at radius 2 is 2.09 bits per heavy atom. The number of hydrogen-bond acceptors (Lipinski definition) is 3. The predicted octanol–water partition coefficient (Wildman–Crippen LogP) is 3.84. The van der Waals surface area contributed by atoms with Gasteiger partial charge in [0.15, 0.2) is 0 Å². The number of amides is 1. The fourth-order valence-corrected chi connectivity index (χ4v) is 3.05. The second kappa shape index (κ2) is 6.18. The van der Waals surface area contributed by atoms with E-state index in [0.717, 1.165) is 35.7 Å². The molecule has 1 aliphatic carbocycles. The number of hydrazone groups is 1. The second-order valence-corrected chi connectivity index (χ2v) is 6.00. The van der Waals surface area contributed by atoms with Crippen molar-refractivity contribution in [3.05, 3.63) is 42.0 Å². The van der Waals surface area contributed by atoms with Gasteiger partial charge in [0.1, 0.15) is 5.75 Å². The van der Waals surface area contributed by atoms with Gasteiger partial charge in [0.05, 0.1) is 5.56 Å². The third kappa shape index (κ3) is 2.96. The van der Waals surface area contributed by atoms with Crippen LogP contribution in [0.1, 0.15) is 43.0 Å². The highest BCUT2D eigenvalue weighted by Crippen LogP contribution is 2.27. The highest BCUT2D eigenvalue weighted by molar-refractivity contribution is 6.09. The molecule has 0 bridgehead atoms. The average Bonchev–Trinajstić information content (AvgIpc) is 2.52. The summed E-state index contributed by atoms with van der Waals surface area (Å²) in [6, 6.07) is 10.9. The number of nitrogens with zero attached hydrogens (tertiary/aromatic N) is 1. The Morgan fingerprint density at radius 3 is 2.91 bits per heavy atom. The van der Waals surface area contributed by atoms with Crippen LogP contribution in [-0.2, 0) is 0 Å². The maximum absolute atomic E-state index is 12.4. The average molecular weight is 296 g/mol. The van der Waals surface area contributed by atoms with Gasteiger partial charge in [-0.15, -0.1) is 0 Å². The molecular weight excluding hydrogens is 276 g/mol. The summed E-state index contributed by atoms with van der Waals surface area (Å²) >= 11 is 0. The van der Waals surface area contributed by atoms with E-state index in [4.69, 9.17) is 0 Å². The molecule has 1 saturated carbocycles. The van der Waals surface area contributed by atoms with Crippen molar-refractivity contribution in [1.82, 2.24) is 5.43 Å². The normalized spacial score (nSPS) is 20.2. The first-order chi connectivity index (χ1) is 10.6. The van der Waals surface area contributed by atoms with Gasteiger partial charge < -0.3 is 5.11 Å². The summed E-state index contributed by atoms with van der Waals surface area (Å²) in [5, 5.41) is 16.0. The van der Waals surface area contributed by atoms with Crippen molar-refractivity contribution in [2.45, 2.75) is 32.6 Å². The summed E-state index contributed by atoms with van der Waals surface area (Å²) in [4.78, 5) is 12.4. The zero-order valence-corrected chi connectivity index (χ0v) is 12.7. The molecular formula is C18H20N2O2. The molecule has 0 saturated heterocycles. The van der Waals surface area contributed by atoms with E-state index in [9.17, 15) is 9.90 Å². The van der Waals surface area contributed by atoms with Crippen molar-refractivity contribution in [2.24, 2.45) is 11.0 Å². The minimum absolute atomic E-state index is 0.0200. The maximum Gasteiger partial charge on any atom is 0.275 e. The lowest BCUT2D eigenvalue weighted by molar-refractivity contribution is 0.0953. The van der Waals surface area contributed by atoms with Crippen molar-refractivity contribution in [3.8, 4) is 5.75 Å². The van der Waals surface area contributed by atoms with E-state index in [1.54, 1.807) is 12.1 Å². The number of carbonyl (C=O) groups excluding carboxylic acids is 1. The summed E-state index contributed by atoms with van der Waals surface area (Å²) in [5.41, 5.74) is 3.93. The zero-order valence-electron chi connectivity index (χ0n) is 12.7. The molecule has 2 aromatic carbocycles. The van der Waals surface area contributed by atoms with Crippen LogP contribution in [0, 0.1) is 5.92 Å². The first-order valence-corrected chi connectivity index (χ1v) is 7.71. The Kier molecular flexibility index (Phi) is 4.09. The molecule has 4 nitrogen and oxygen atoms in total. The lowest BCUT2D eigenvalue weighted by atomic mass is 9.89. The largest absolute Gasteiger partial charge is 0.507 e. The topological polar surface area (TPSA) is 61.7 Å². The number of phenols is 1. The Morgan fingerprint density at radius 1 is 1.27 bits per heavy atom. The van der Waals surface area contributed by atoms with Gasteiger partial charge in [-0.3, -0.25) is 4.79 Å². The number of phenolic OH excluding ortho intramolecular Hbond substituents is 1. The van der Waals surface area contributed by atoms with Crippen molar-refractivity contribution >= 4 is 22.4 Å². The molecule has 0 aromatic heterocycles. The van der Waals surface area contributed by atoms with Crippen LogP contribution in [0.15, 0.2) is 41.5 Å². The number of nitrogens with one attached hydrogen (secondary N) is 1. The monoisotopic (exact) mass is 296 g/mol. The summed E-state index contributed by atoms with van der Waals surface area (Å²) in [7, 11) is 0. The van der Waals surface area contributed by atoms with E-state index in [1.807, 2.05) is 24.3 Å². The minimum atomic E-state index is -0.361. The standard InChI is InChI=1S/C18H20N2O2/c1-12-5-4-7-14(11-12)19-20-18(22)17-15-8-3-2-6-13(15)9-10-16(17)21/h2-3,6,8-10,12,21H,4-5,7,11H2,1H3,(H,20,22). The number of rotatable bonds is 2. The van der Waals surface area contributed by atoms with Crippen LogP contribution >= 0.6 is 0 Å². The van der Waals surface area contributed by atoms with Crippen LogP contribution in [0.2, 0.25) is 0 Å². The fourth-order valence-electron chi connectivity index (χ4n) is 3.05. The number of carbonyl (C=O) groups is 1. The highest BCUT2D eigenvalue weighted by atomic mass is 16.3. The van der Waals surface area contributed by atoms with E-state index in [-0.39, 0.29) is 17.2 Å². The van der Waals surface area contributed by atoms with Crippen molar-refractivity contribution < 1.29 is 9.90 Å². The third-order valence-corrected chi connectivity index (χ3v) is 4.20. The van der Waals surface area contributed by atoms with Gasteiger partial charge in [-0.1, -0.05) is 37.3 Å². The fraction of sp³-hybridized carbons (Fsp3) is 0.333. The molecule has 0 radical (unpaired) electrons. The molecule has 22 heavy (non-hydrogen) atoms. The van der Waals surface area contributed by atoms with Crippen molar-refractivity contribution in [3.63, 3.8) is 0 Å². The summed E-state index contributed by atoms with van der Waals surface area (Å²) in [6.45, 7) is 2.20. The van der Waals surface area contributed by atoms with Crippen molar-refractivity contribution in [1.29, 1.82) is 0 Å². The molecule has 0 aliphatic heterocycles. The van der Waals surface area contributed by atoms with Crippen LogP contribution < -0.4 is 5.43 Å². The minimum Gasteiger partial charge on any atom is -0.507 e. The van der Waals surface area contributed by atoms with E-state index < -0.39 is 0 Å². The molecule has 4 heteroatoms. The molecule has 1 amide bonds. The molecule has 3 rings (SSSR count). The molecule has 1 atom stereocenters. The Hall–Kier alpha value is -2.36. The first kappa shape index (κ1) is 14.6. The van der Waals surface area contributed by atoms with E-state index >= 15 is 0 Å². The molecule has 2 N–H and O–H groups in total. The summed E-state index contributed by atoms with van der Waals surface area (Å²) < 4.78 is 0. The Labute approximate surface area is 129 Å². The van der Waals surface area contributed by atoms with Gasteiger partial charge in [-0.05, 0) is 48.4 Å². The van der Waals surface area contributed by atoms with Crippen LogP contribution in [0.4, 0.5) is 0 Å². The predicted molar refractivity (Wildman–Crippen MR) is 88.1 cm³/mol. The molecule has 1 aliphatic rings. The summed E-state index contributed by atoms with van der Waals surface area (Å²) in [5.74, 6) is 0.240. The zero-order chi connectivity index (χ0) is 15.5. The van der Waals surface area contributed by atoms with Gasteiger partial charge >= 0.3 is 0 Å². The SMILES string of the molecule is CC1CCCC(=NNC(=O)c2c(O)ccc3ccccc23)C1. The van der Waals surface area contributed by atoms with E-state index in [2.05, 4.69) is 17.5 Å². The quantitative estimate of drug-likeness (QED) is 0.827. The molecule has 2 aromatic rings. The molecule has 1 fully saturated rings. The van der Waals surface area contributed by atoms with Crippen molar-refractivity contribution in [2.75, 3.05) is 0 Å². The van der Waals surface area contributed by atoms with Gasteiger partial charge in [-0.2, -0.15) is 5.10 Å². The van der Waals surface area contributed by atoms with Crippen LogP contribution in [0.5, 0.6) is 5.75 Å². The molecule has 1 unspecified atom stereocenters. The molecule has 114 valence electrons. The van der Waals surface area contributed by atoms with Gasteiger partial charge in [0.2, 0.25) is 0 Å². The first-order valence-electron chi connectivity index (χ1n) is 7.71. The lowest BCUT2D eigenvalue weighted by Gasteiger charge is -2.19. The van der Waals surface area contributed by atoms with Gasteiger partial charge in [-0.25, -0.2) is 5.43 Å². The van der Waals surface area contributed by atoms with E-state index in [0.29, 0.717) is 5.92 Å². The molecule has 0 spiro atoms. The smallest absolute Gasteiger partial charge is 0.275 e. The van der Waals surface area contributed by atoms with Crippen LogP contribution in [-0.4, -0.2) is 16.7 Å². The number of benzene rings is 2. The molecule has 0 heterocycles. The van der Waals surface area contributed by atoms with Crippen LogP contribution in [0.25, 0.3) is 10.8 Å². The Bertz CT molecular complexity index is 737. The summed E-state index contributed by atoms with van der Waals surface area (Å²) in [6.07, 6.45) is 4.21. The third-order valence-electron chi connectivity index (χ3n) is 4.20. The lowest BCUT2D eigenvalue weighted by Crippen LogP contribution is -2.22. The highest BCUT2D eigenvalue weighted by Gasteiger charge is 2.17. The number of hydrogen-bond donors (Lipinski definition) is 2. The number of aromatic hydroxyl groups is 1. The van der Waals surface area contributed by atoms with Gasteiger partial charge in [0, 0.05) is 5.71 Å². The number of fused-ring (bicyclic) bond motifs is 1. The van der Waals surface area contributed by atoms with E-state index in [1.165, 1.54) is 6.42 Å².